The first-order valence-electron chi connectivity index (χ1n) is 3.33. The molecule has 0 saturated carbocycles. The predicted molar refractivity (Wildman–Crippen MR) is 65.0 cm³/mol. The van der Waals surface area contributed by atoms with Crippen LogP contribution in [0.1, 0.15) is 0 Å². The minimum Gasteiger partial charge on any atom is -0.262 e. The van der Waals surface area contributed by atoms with Gasteiger partial charge in [0.05, 0.1) is 11.7 Å². The molecule has 0 aliphatic rings. The summed E-state index contributed by atoms with van der Waals surface area (Å²) in [7, 11) is 0. The largest absolute Gasteiger partial charge is 0.262 e. The van der Waals surface area contributed by atoms with Crippen molar-refractivity contribution in [3.8, 4) is 0 Å². The summed E-state index contributed by atoms with van der Waals surface area (Å²) in [5, 5.41) is 1.17. The summed E-state index contributed by atoms with van der Waals surface area (Å²) in [6.07, 6.45) is 3.58. The van der Waals surface area contributed by atoms with Gasteiger partial charge in [0, 0.05) is 15.2 Å². The molecule has 0 spiro atoms. The van der Waals surface area contributed by atoms with Crippen molar-refractivity contribution >= 4 is 56.1 Å². The van der Waals surface area contributed by atoms with E-state index in [-0.39, 0.29) is 0 Å². The number of fused-ring (bicyclic) bond motifs is 1. The highest BCUT2D eigenvalue weighted by atomic mass is 127. The van der Waals surface area contributed by atoms with Crippen molar-refractivity contribution in [2.45, 2.75) is 0 Å². The fourth-order valence-electron chi connectivity index (χ4n) is 1.01. The fraction of sp³-hybridized carbons (Fsp3) is 0. The molecule has 0 N–H and O–H groups in total. The molecule has 0 saturated heterocycles. The summed E-state index contributed by atoms with van der Waals surface area (Å²) < 4.78 is 2.24. The van der Waals surface area contributed by atoms with Crippen LogP contribution in [0.5, 0.6) is 0 Å². The Kier molecular flexibility index (Phi) is 2.44. The molecule has 4 heteroatoms. The molecule has 0 aliphatic heterocycles. The molecule has 2 aromatic rings. The maximum Gasteiger partial charge on any atom is 0.103 e. The van der Waals surface area contributed by atoms with Crippen LogP contribution in [0.4, 0.5) is 0 Å². The second-order valence-electron chi connectivity index (χ2n) is 2.32. The standard InChI is InChI=1S/C8H4I2N2/c9-6-3-8(10)12-7-4-11-2-1-5(6)7/h1-4H. The van der Waals surface area contributed by atoms with E-state index in [0.29, 0.717) is 0 Å². The van der Waals surface area contributed by atoms with Crippen molar-refractivity contribution in [1.29, 1.82) is 0 Å². The summed E-state index contributed by atoms with van der Waals surface area (Å²) in [5.41, 5.74) is 0.966. The maximum atomic E-state index is 4.36. The second kappa shape index (κ2) is 3.41. The molecule has 0 radical (unpaired) electrons. The zero-order chi connectivity index (χ0) is 8.55. The number of rotatable bonds is 0. The Bertz CT molecular complexity index is 428. The van der Waals surface area contributed by atoms with Crippen molar-refractivity contribution in [3.05, 3.63) is 31.8 Å². The Balaban J connectivity index is 2.89. The van der Waals surface area contributed by atoms with Crippen LogP contribution in [0.2, 0.25) is 0 Å². The van der Waals surface area contributed by atoms with Gasteiger partial charge in [-0.25, -0.2) is 4.98 Å². The Morgan fingerprint density at radius 3 is 2.92 bits per heavy atom. The van der Waals surface area contributed by atoms with Gasteiger partial charge in [-0.1, -0.05) is 0 Å². The van der Waals surface area contributed by atoms with Gasteiger partial charge in [0.1, 0.15) is 3.70 Å². The van der Waals surface area contributed by atoms with E-state index >= 15 is 0 Å². The lowest BCUT2D eigenvalue weighted by molar-refractivity contribution is 1.28. The minimum atomic E-state index is 0.966. The molecule has 2 rings (SSSR count). The molecule has 60 valence electrons. The van der Waals surface area contributed by atoms with Gasteiger partial charge in [0.15, 0.2) is 0 Å². The predicted octanol–water partition coefficient (Wildman–Crippen LogP) is 2.84. The zero-order valence-electron chi connectivity index (χ0n) is 5.96. The van der Waals surface area contributed by atoms with E-state index in [4.69, 9.17) is 0 Å². The van der Waals surface area contributed by atoms with Crippen LogP contribution in [0.15, 0.2) is 24.5 Å². The average molecular weight is 382 g/mol. The number of hydrogen-bond donors (Lipinski definition) is 0. The lowest BCUT2D eigenvalue weighted by atomic mass is 10.3. The first-order valence-corrected chi connectivity index (χ1v) is 5.49. The van der Waals surface area contributed by atoms with E-state index in [9.17, 15) is 0 Å². The highest BCUT2D eigenvalue weighted by Crippen LogP contribution is 2.19. The van der Waals surface area contributed by atoms with E-state index in [1.807, 2.05) is 6.07 Å². The molecule has 0 bridgehead atoms. The van der Waals surface area contributed by atoms with Crippen molar-refractivity contribution in [2.24, 2.45) is 0 Å². The highest BCUT2D eigenvalue weighted by molar-refractivity contribution is 14.1. The summed E-state index contributed by atoms with van der Waals surface area (Å²) >= 11 is 4.52. The van der Waals surface area contributed by atoms with Crippen LogP contribution in [-0.2, 0) is 0 Å². The van der Waals surface area contributed by atoms with Gasteiger partial charge < -0.3 is 0 Å². The normalized spacial score (nSPS) is 10.5. The van der Waals surface area contributed by atoms with Crippen LogP contribution >= 0.6 is 45.2 Å². The number of halogens is 2. The minimum absolute atomic E-state index is 0.966. The summed E-state index contributed by atoms with van der Waals surface area (Å²) in [6, 6.07) is 4.05. The van der Waals surface area contributed by atoms with Crippen molar-refractivity contribution in [2.75, 3.05) is 0 Å². The molecule has 0 unspecified atom stereocenters. The molecule has 0 amide bonds. The highest BCUT2D eigenvalue weighted by Gasteiger charge is 2.00. The molecule has 2 aromatic heterocycles. The lowest BCUT2D eigenvalue weighted by Crippen LogP contribution is -1.86. The number of hydrogen-bond acceptors (Lipinski definition) is 2. The van der Waals surface area contributed by atoms with Crippen molar-refractivity contribution < 1.29 is 0 Å². The van der Waals surface area contributed by atoms with E-state index in [2.05, 4.69) is 61.2 Å². The lowest BCUT2D eigenvalue weighted by Gasteiger charge is -1.99. The fourth-order valence-corrected chi connectivity index (χ4v) is 2.93. The third-order valence-corrected chi connectivity index (χ3v) is 2.98. The van der Waals surface area contributed by atoms with Crippen LogP contribution in [0, 0.1) is 7.27 Å². The third-order valence-electron chi connectivity index (χ3n) is 1.53. The summed E-state index contributed by atoms with van der Waals surface area (Å²) in [5.74, 6) is 0. The molecular formula is C8H4I2N2. The number of nitrogens with zero attached hydrogens (tertiary/aromatic N) is 2. The van der Waals surface area contributed by atoms with E-state index in [0.717, 1.165) is 9.22 Å². The molecular weight excluding hydrogens is 378 g/mol. The molecule has 2 heterocycles. The first kappa shape index (κ1) is 8.61. The van der Waals surface area contributed by atoms with E-state index in [1.54, 1.807) is 12.4 Å². The smallest absolute Gasteiger partial charge is 0.103 e. The first-order chi connectivity index (χ1) is 5.77. The van der Waals surface area contributed by atoms with Crippen LogP contribution < -0.4 is 0 Å². The molecule has 0 fully saturated rings. The number of aromatic nitrogens is 2. The molecule has 0 atom stereocenters. The van der Waals surface area contributed by atoms with Gasteiger partial charge in [-0.05, 0) is 57.3 Å². The summed E-state index contributed by atoms with van der Waals surface area (Å²) in [6.45, 7) is 0. The van der Waals surface area contributed by atoms with Crippen molar-refractivity contribution in [1.82, 2.24) is 9.97 Å². The van der Waals surface area contributed by atoms with Crippen molar-refractivity contribution in [3.63, 3.8) is 0 Å². The SMILES string of the molecule is Ic1cc(I)c2ccncc2n1. The van der Waals surface area contributed by atoms with Crippen LogP contribution in [0.25, 0.3) is 10.9 Å². The quantitative estimate of drug-likeness (QED) is 0.518. The molecule has 0 aliphatic carbocycles. The van der Waals surface area contributed by atoms with Gasteiger partial charge in [-0.2, -0.15) is 0 Å². The Morgan fingerprint density at radius 2 is 2.08 bits per heavy atom. The van der Waals surface area contributed by atoms with E-state index < -0.39 is 0 Å². The molecule has 2 nitrogen and oxygen atoms in total. The van der Waals surface area contributed by atoms with Gasteiger partial charge in [-0.15, -0.1) is 0 Å². The molecule has 0 aromatic carbocycles. The molecule has 12 heavy (non-hydrogen) atoms. The number of pyridine rings is 2. The third kappa shape index (κ3) is 1.54. The van der Waals surface area contributed by atoms with Crippen LogP contribution in [0.3, 0.4) is 0 Å². The van der Waals surface area contributed by atoms with E-state index in [1.165, 1.54) is 8.96 Å². The van der Waals surface area contributed by atoms with Crippen LogP contribution in [-0.4, -0.2) is 9.97 Å². The topological polar surface area (TPSA) is 25.8 Å². The van der Waals surface area contributed by atoms with Gasteiger partial charge in [0.25, 0.3) is 0 Å². The maximum absolute atomic E-state index is 4.36. The van der Waals surface area contributed by atoms with Gasteiger partial charge in [0.2, 0.25) is 0 Å². The van der Waals surface area contributed by atoms with Gasteiger partial charge in [-0.3, -0.25) is 4.98 Å². The Hall–Kier alpha value is 0.0200. The summed E-state index contributed by atoms with van der Waals surface area (Å²) in [4.78, 5) is 8.38. The van der Waals surface area contributed by atoms with Gasteiger partial charge >= 0.3 is 0 Å². The Labute approximate surface area is 97.1 Å². The Morgan fingerprint density at radius 1 is 1.25 bits per heavy atom. The average Bonchev–Trinajstić information content (AvgIpc) is 2.04. The second-order valence-corrected chi connectivity index (χ2v) is 4.59. The monoisotopic (exact) mass is 382 g/mol. The zero-order valence-corrected chi connectivity index (χ0v) is 10.3.